The topological polar surface area (TPSA) is 38.9 Å². The number of thiazole rings is 1. The van der Waals surface area contributed by atoms with Crippen LogP contribution in [0, 0.1) is 0 Å². The van der Waals surface area contributed by atoms with Crippen molar-refractivity contribution in [2.24, 2.45) is 5.14 Å². The Morgan fingerprint density at radius 1 is 1.88 bits per heavy atom. The molecule has 0 saturated heterocycles. The van der Waals surface area contributed by atoms with Gasteiger partial charge in [0, 0.05) is 0 Å². The van der Waals surface area contributed by atoms with E-state index in [0.717, 1.165) is 16.2 Å². The summed E-state index contributed by atoms with van der Waals surface area (Å²) in [6, 6.07) is 0. The summed E-state index contributed by atoms with van der Waals surface area (Å²) in [5.41, 5.74) is 0. The Hall–Kier alpha value is 0.230. The van der Waals surface area contributed by atoms with Crippen LogP contribution in [-0.4, -0.2) is 4.98 Å². The van der Waals surface area contributed by atoms with Crippen molar-refractivity contribution >= 4 is 34.9 Å². The van der Waals surface area contributed by atoms with E-state index in [1.54, 1.807) is 6.20 Å². The molecule has 2 nitrogen and oxygen atoms in total. The highest BCUT2D eigenvalue weighted by Crippen LogP contribution is 2.23. The van der Waals surface area contributed by atoms with E-state index in [9.17, 15) is 0 Å². The van der Waals surface area contributed by atoms with Gasteiger partial charge in [-0.3, -0.25) is 5.14 Å². The van der Waals surface area contributed by atoms with Crippen molar-refractivity contribution in [2.75, 3.05) is 0 Å². The van der Waals surface area contributed by atoms with Gasteiger partial charge in [0.25, 0.3) is 0 Å². The SMILES string of the molecule is NSc1cnc(Cl)s1. The Kier molecular flexibility index (Phi) is 2.13. The fourth-order valence-corrected chi connectivity index (χ4v) is 1.65. The van der Waals surface area contributed by atoms with Crippen molar-refractivity contribution in [3.63, 3.8) is 0 Å². The van der Waals surface area contributed by atoms with E-state index in [4.69, 9.17) is 16.7 Å². The Bertz CT molecular complexity index is 176. The third-order valence-corrected chi connectivity index (χ3v) is 2.36. The van der Waals surface area contributed by atoms with Gasteiger partial charge in [-0.2, -0.15) is 0 Å². The molecule has 1 rings (SSSR count). The minimum absolute atomic E-state index is 0.540. The summed E-state index contributed by atoms with van der Waals surface area (Å²) in [5.74, 6) is 0. The molecule has 0 saturated carbocycles. The molecule has 0 aliphatic heterocycles. The van der Waals surface area contributed by atoms with Crippen LogP contribution >= 0.6 is 34.9 Å². The van der Waals surface area contributed by atoms with Crippen LogP contribution in [0.4, 0.5) is 0 Å². The normalized spacial score (nSPS) is 9.75. The quantitative estimate of drug-likeness (QED) is 0.647. The van der Waals surface area contributed by atoms with Gasteiger partial charge in [-0.25, -0.2) is 4.98 Å². The van der Waals surface area contributed by atoms with Crippen LogP contribution in [0.5, 0.6) is 0 Å². The average molecular weight is 167 g/mol. The molecular weight excluding hydrogens is 164 g/mol. The van der Waals surface area contributed by atoms with E-state index in [0.29, 0.717) is 4.47 Å². The van der Waals surface area contributed by atoms with Crippen LogP contribution in [0.2, 0.25) is 4.47 Å². The van der Waals surface area contributed by atoms with Crippen molar-refractivity contribution in [1.29, 1.82) is 0 Å². The molecule has 0 amide bonds. The third-order valence-electron chi connectivity index (χ3n) is 0.572. The second-order valence-electron chi connectivity index (χ2n) is 1.05. The molecule has 2 N–H and O–H groups in total. The molecule has 1 aromatic rings. The summed E-state index contributed by atoms with van der Waals surface area (Å²) in [4.78, 5) is 3.77. The smallest absolute Gasteiger partial charge is 0.184 e. The predicted octanol–water partition coefficient (Wildman–Crippen LogP) is 1.76. The monoisotopic (exact) mass is 166 g/mol. The molecule has 5 heteroatoms. The minimum Gasteiger partial charge on any atom is -0.273 e. The van der Waals surface area contributed by atoms with Crippen LogP contribution in [0.3, 0.4) is 0 Å². The number of nitrogens with zero attached hydrogens (tertiary/aromatic N) is 1. The summed E-state index contributed by atoms with van der Waals surface area (Å²) in [7, 11) is 0. The van der Waals surface area contributed by atoms with E-state index in [-0.39, 0.29) is 0 Å². The molecule has 0 aliphatic rings. The summed E-state index contributed by atoms with van der Waals surface area (Å²) in [6.45, 7) is 0. The molecule has 0 radical (unpaired) electrons. The molecule has 0 aliphatic carbocycles. The van der Waals surface area contributed by atoms with Gasteiger partial charge in [0.2, 0.25) is 0 Å². The second-order valence-corrected chi connectivity index (χ2v) is 3.60. The van der Waals surface area contributed by atoms with E-state index < -0.39 is 0 Å². The van der Waals surface area contributed by atoms with Crippen molar-refractivity contribution in [1.82, 2.24) is 4.98 Å². The zero-order chi connectivity index (χ0) is 5.98. The summed E-state index contributed by atoms with van der Waals surface area (Å²) in [6.07, 6.45) is 1.65. The largest absolute Gasteiger partial charge is 0.273 e. The molecule has 0 spiro atoms. The van der Waals surface area contributed by atoms with Crippen molar-refractivity contribution in [2.45, 2.75) is 4.21 Å². The number of halogens is 1. The van der Waals surface area contributed by atoms with Crippen LogP contribution in [0.15, 0.2) is 10.4 Å². The Morgan fingerprint density at radius 2 is 2.62 bits per heavy atom. The lowest BCUT2D eigenvalue weighted by atomic mass is 11.0. The van der Waals surface area contributed by atoms with Gasteiger partial charge < -0.3 is 0 Å². The number of rotatable bonds is 1. The Balaban J connectivity index is 2.84. The highest BCUT2D eigenvalue weighted by Gasteiger charge is 1.94. The van der Waals surface area contributed by atoms with E-state index >= 15 is 0 Å². The zero-order valence-corrected chi connectivity index (χ0v) is 6.19. The van der Waals surface area contributed by atoms with E-state index in [2.05, 4.69) is 4.98 Å². The first-order chi connectivity index (χ1) is 3.83. The summed E-state index contributed by atoms with van der Waals surface area (Å²) >= 11 is 8.02. The molecule has 44 valence electrons. The Labute approximate surface area is 60.2 Å². The average Bonchev–Trinajstić information content (AvgIpc) is 2.14. The van der Waals surface area contributed by atoms with E-state index in [1.807, 2.05) is 0 Å². The Morgan fingerprint density at radius 3 is 2.88 bits per heavy atom. The van der Waals surface area contributed by atoms with Crippen LogP contribution < -0.4 is 5.14 Å². The van der Waals surface area contributed by atoms with Crippen LogP contribution in [-0.2, 0) is 0 Å². The fourth-order valence-electron chi connectivity index (χ4n) is 0.294. The lowest BCUT2D eigenvalue weighted by Crippen LogP contribution is -1.70. The van der Waals surface area contributed by atoms with Crippen LogP contribution in [0.25, 0.3) is 0 Å². The lowest BCUT2D eigenvalue weighted by molar-refractivity contribution is 1.38. The fraction of sp³-hybridized carbons (Fsp3) is 0. The summed E-state index contributed by atoms with van der Waals surface area (Å²) < 4.78 is 1.48. The molecule has 0 aromatic carbocycles. The highest BCUT2D eigenvalue weighted by molar-refractivity contribution is 7.99. The maximum atomic E-state index is 5.48. The van der Waals surface area contributed by atoms with Gasteiger partial charge in [-0.05, 0) is 11.9 Å². The van der Waals surface area contributed by atoms with Crippen molar-refractivity contribution < 1.29 is 0 Å². The first-order valence-corrected chi connectivity index (χ1v) is 3.88. The zero-order valence-electron chi connectivity index (χ0n) is 3.80. The van der Waals surface area contributed by atoms with Crippen LogP contribution in [0.1, 0.15) is 0 Å². The van der Waals surface area contributed by atoms with E-state index in [1.165, 1.54) is 11.3 Å². The number of nitrogens with two attached hydrogens (primary N) is 1. The van der Waals surface area contributed by atoms with Gasteiger partial charge in [0.05, 0.1) is 10.4 Å². The third kappa shape index (κ3) is 1.35. The first-order valence-electron chi connectivity index (χ1n) is 1.81. The van der Waals surface area contributed by atoms with Crippen molar-refractivity contribution in [3.05, 3.63) is 10.7 Å². The highest BCUT2D eigenvalue weighted by atomic mass is 35.5. The van der Waals surface area contributed by atoms with Gasteiger partial charge in [-0.15, -0.1) is 0 Å². The maximum Gasteiger partial charge on any atom is 0.184 e. The molecule has 1 heterocycles. The first kappa shape index (κ1) is 6.35. The van der Waals surface area contributed by atoms with Gasteiger partial charge in [0.15, 0.2) is 4.47 Å². The molecule has 1 aromatic heterocycles. The standard InChI is InChI=1S/C3H3ClN2S2/c4-3-6-1-2(7-3)8-5/h1H,5H2. The predicted molar refractivity (Wildman–Crippen MR) is 37.2 cm³/mol. The molecule has 8 heavy (non-hydrogen) atoms. The molecule has 0 atom stereocenters. The summed E-state index contributed by atoms with van der Waals surface area (Å²) in [5, 5.41) is 5.19. The van der Waals surface area contributed by atoms with Gasteiger partial charge in [0.1, 0.15) is 0 Å². The second kappa shape index (κ2) is 2.68. The minimum atomic E-state index is 0.540. The number of hydrogen-bond donors (Lipinski definition) is 1. The molecular formula is C3H3ClN2S2. The molecule has 0 bridgehead atoms. The molecule has 0 fully saturated rings. The number of aromatic nitrogens is 1. The molecule has 0 unspecified atom stereocenters. The van der Waals surface area contributed by atoms with Gasteiger partial charge >= 0.3 is 0 Å². The maximum absolute atomic E-state index is 5.48. The van der Waals surface area contributed by atoms with Gasteiger partial charge in [-0.1, -0.05) is 22.9 Å². The van der Waals surface area contributed by atoms with Crippen molar-refractivity contribution in [3.8, 4) is 0 Å². The number of hydrogen-bond acceptors (Lipinski definition) is 4. The lowest BCUT2D eigenvalue weighted by Gasteiger charge is -1.77.